The third-order valence-corrected chi connectivity index (χ3v) is 5.32. The van der Waals surface area contributed by atoms with E-state index in [1.165, 1.54) is 4.90 Å². The van der Waals surface area contributed by atoms with Crippen LogP contribution in [-0.2, 0) is 20.8 Å². The van der Waals surface area contributed by atoms with Gasteiger partial charge in [-0.05, 0) is 50.6 Å². The maximum Gasteiger partial charge on any atom is 1.00 e. The maximum atomic E-state index is 13.0. The molecule has 160 valence electrons. The summed E-state index contributed by atoms with van der Waals surface area (Å²) in [7, 11) is 0. The third kappa shape index (κ3) is 8.00. The molecule has 30 heavy (non-hydrogen) atoms. The van der Waals surface area contributed by atoms with Crippen LogP contribution in [0.3, 0.4) is 0 Å². The summed E-state index contributed by atoms with van der Waals surface area (Å²) < 4.78 is 0. The molecule has 1 aromatic carbocycles. The zero-order chi connectivity index (χ0) is 21.2. The standard InChI is InChI=1S/C21H31N3O5.Na/c22-13-5-4-9-16(19(25)24-14-6-10-18(24)21(28)29)23-17(20(26)27)12-11-15-7-2-1-3-8-15;/h1-3,7-8,16-18,23H,4-6,9-14,22H2,(H,26,27)(H,28,29);/q;+1/p-1/t16-,17+,18-;/m0./s1. The molecule has 0 saturated carbocycles. The van der Waals surface area contributed by atoms with Crippen molar-refractivity contribution < 1.29 is 54.2 Å². The molecular weight excluding hydrogens is 397 g/mol. The smallest absolute Gasteiger partial charge is 0.548 e. The first-order valence-corrected chi connectivity index (χ1v) is 10.2. The minimum absolute atomic E-state index is 0. The number of carboxylic acid groups (broad SMARTS) is 2. The largest absolute Gasteiger partial charge is 1.00 e. The number of aliphatic carboxylic acids is 2. The summed E-state index contributed by atoms with van der Waals surface area (Å²) in [5.74, 6) is -2.66. The molecule has 0 radical (unpaired) electrons. The second-order valence-corrected chi connectivity index (χ2v) is 7.43. The minimum atomic E-state index is -1.27. The fourth-order valence-electron chi connectivity index (χ4n) is 3.73. The van der Waals surface area contributed by atoms with Crippen molar-refractivity contribution in [1.82, 2.24) is 10.2 Å². The first-order chi connectivity index (χ1) is 13.9. The van der Waals surface area contributed by atoms with Gasteiger partial charge in [0.2, 0.25) is 5.91 Å². The molecule has 0 bridgehead atoms. The van der Waals surface area contributed by atoms with Crippen molar-refractivity contribution in [3.05, 3.63) is 35.9 Å². The van der Waals surface area contributed by atoms with E-state index in [9.17, 15) is 24.6 Å². The third-order valence-electron chi connectivity index (χ3n) is 5.32. The number of carbonyl (C=O) groups is 3. The van der Waals surface area contributed by atoms with E-state index in [4.69, 9.17) is 5.73 Å². The second kappa shape index (κ2) is 13.8. The Bertz CT molecular complexity index is 688. The number of rotatable bonds is 12. The molecule has 1 heterocycles. The zero-order valence-corrected chi connectivity index (χ0v) is 19.6. The molecule has 4 N–H and O–H groups in total. The Morgan fingerprint density at radius 3 is 2.47 bits per heavy atom. The Labute approximate surface area is 199 Å². The average Bonchev–Trinajstić information content (AvgIpc) is 3.20. The summed E-state index contributed by atoms with van der Waals surface area (Å²) in [6.07, 6.45) is 3.57. The van der Waals surface area contributed by atoms with Crippen LogP contribution in [0.5, 0.6) is 0 Å². The van der Waals surface area contributed by atoms with Crippen LogP contribution in [0.2, 0.25) is 0 Å². The van der Waals surface area contributed by atoms with Gasteiger partial charge in [0.25, 0.3) is 0 Å². The van der Waals surface area contributed by atoms with Gasteiger partial charge < -0.3 is 25.6 Å². The molecule has 9 heteroatoms. The number of nitrogens with zero attached hydrogens (tertiary/aromatic N) is 1. The van der Waals surface area contributed by atoms with Crippen molar-refractivity contribution in [1.29, 1.82) is 0 Å². The number of amides is 1. The van der Waals surface area contributed by atoms with Crippen LogP contribution in [0.4, 0.5) is 0 Å². The molecular formula is C21H30N3NaO5. The van der Waals surface area contributed by atoms with Gasteiger partial charge in [0, 0.05) is 12.6 Å². The summed E-state index contributed by atoms with van der Waals surface area (Å²) in [6.45, 7) is 0.838. The van der Waals surface area contributed by atoms with Crippen LogP contribution in [0.15, 0.2) is 30.3 Å². The molecule has 1 fully saturated rings. The van der Waals surface area contributed by atoms with Crippen LogP contribution in [0, 0.1) is 0 Å². The van der Waals surface area contributed by atoms with Gasteiger partial charge in [-0.3, -0.25) is 10.1 Å². The normalized spacial score (nSPS) is 17.8. The van der Waals surface area contributed by atoms with E-state index < -0.39 is 30.1 Å². The number of carboxylic acids is 2. The van der Waals surface area contributed by atoms with Crippen molar-refractivity contribution in [2.75, 3.05) is 13.1 Å². The van der Waals surface area contributed by atoms with Gasteiger partial charge in [-0.1, -0.05) is 36.8 Å². The predicted molar refractivity (Wildman–Crippen MR) is 106 cm³/mol. The Kier molecular flexibility index (Phi) is 12.2. The molecule has 0 unspecified atom stereocenters. The molecule has 0 aromatic heterocycles. The van der Waals surface area contributed by atoms with Gasteiger partial charge in [-0.25, -0.2) is 4.79 Å². The number of benzene rings is 1. The Morgan fingerprint density at radius 1 is 1.17 bits per heavy atom. The van der Waals surface area contributed by atoms with E-state index in [1.54, 1.807) is 0 Å². The van der Waals surface area contributed by atoms with Crippen molar-refractivity contribution >= 4 is 17.8 Å². The zero-order valence-electron chi connectivity index (χ0n) is 17.6. The average molecular weight is 427 g/mol. The molecule has 3 atom stereocenters. The fourth-order valence-corrected chi connectivity index (χ4v) is 3.73. The number of nitrogens with one attached hydrogen (secondary N) is 1. The van der Waals surface area contributed by atoms with Gasteiger partial charge in [0.1, 0.15) is 6.04 Å². The topological polar surface area (TPSA) is 136 Å². The summed E-state index contributed by atoms with van der Waals surface area (Å²) in [4.78, 5) is 37.5. The van der Waals surface area contributed by atoms with E-state index >= 15 is 0 Å². The van der Waals surface area contributed by atoms with Gasteiger partial charge >= 0.3 is 35.5 Å². The van der Waals surface area contributed by atoms with E-state index in [0.29, 0.717) is 51.6 Å². The molecule has 1 aliphatic heterocycles. The van der Waals surface area contributed by atoms with E-state index in [-0.39, 0.29) is 41.9 Å². The summed E-state index contributed by atoms with van der Waals surface area (Å²) in [6, 6.07) is 6.85. The number of hydrogen-bond donors (Lipinski definition) is 3. The van der Waals surface area contributed by atoms with E-state index in [1.807, 2.05) is 30.3 Å². The number of nitrogens with two attached hydrogens (primary N) is 1. The monoisotopic (exact) mass is 427 g/mol. The number of likely N-dealkylation sites (tertiary alicyclic amines) is 1. The fraction of sp³-hybridized carbons (Fsp3) is 0.571. The SMILES string of the molecule is NCCCC[C@H](N[C@H](CCc1ccccc1)C(=O)[O-])C(=O)N1CCC[C@H]1C(=O)O.[Na+]. The van der Waals surface area contributed by atoms with Crippen LogP contribution in [-0.4, -0.2) is 59.1 Å². The van der Waals surface area contributed by atoms with Crippen LogP contribution in [0.25, 0.3) is 0 Å². The van der Waals surface area contributed by atoms with Crippen molar-refractivity contribution in [2.24, 2.45) is 5.73 Å². The van der Waals surface area contributed by atoms with E-state index in [2.05, 4.69) is 5.32 Å². The maximum absolute atomic E-state index is 13.0. The van der Waals surface area contributed by atoms with Crippen molar-refractivity contribution in [3.8, 4) is 0 Å². The van der Waals surface area contributed by atoms with Crippen LogP contribution in [0.1, 0.15) is 44.1 Å². The van der Waals surface area contributed by atoms with Gasteiger partial charge in [-0.15, -0.1) is 0 Å². The quantitative estimate of drug-likeness (QED) is 0.238. The Hall–Kier alpha value is -1.45. The minimum Gasteiger partial charge on any atom is -0.548 e. The Balaban J connectivity index is 0.00000450. The van der Waals surface area contributed by atoms with E-state index in [0.717, 1.165) is 5.56 Å². The van der Waals surface area contributed by atoms with Gasteiger partial charge in [-0.2, -0.15) is 0 Å². The molecule has 8 nitrogen and oxygen atoms in total. The number of unbranched alkanes of at least 4 members (excludes halogenated alkanes) is 1. The Morgan fingerprint density at radius 2 is 1.87 bits per heavy atom. The number of hydrogen-bond acceptors (Lipinski definition) is 6. The first-order valence-electron chi connectivity index (χ1n) is 10.2. The predicted octanol–water partition coefficient (Wildman–Crippen LogP) is -3.10. The van der Waals surface area contributed by atoms with Crippen LogP contribution < -0.4 is 45.7 Å². The molecule has 0 spiro atoms. The van der Waals surface area contributed by atoms with Gasteiger partial charge in [0.15, 0.2) is 0 Å². The summed E-state index contributed by atoms with van der Waals surface area (Å²) in [5, 5.41) is 24.0. The van der Waals surface area contributed by atoms with Gasteiger partial charge in [0.05, 0.1) is 12.0 Å². The second-order valence-electron chi connectivity index (χ2n) is 7.43. The molecule has 2 rings (SSSR count). The molecule has 1 saturated heterocycles. The molecule has 1 aromatic rings. The number of aryl methyl sites for hydroxylation is 1. The summed E-state index contributed by atoms with van der Waals surface area (Å²) in [5.41, 5.74) is 6.54. The van der Waals surface area contributed by atoms with Crippen molar-refractivity contribution in [2.45, 2.75) is 63.1 Å². The van der Waals surface area contributed by atoms with Crippen molar-refractivity contribution in [3.63, 3.8) is 0 Å². The molecule has 1 aliphatic rings. The number of carbonyl (C=O) groups excluding carboxylic acids is 2. The first kappa shape index (κ1) is 26.6. The summed E-state index contributed by atoms with van der Waals surface area (Å²) >= 11 is 0. The van der Waals surface area contributed by atoms with Crippen LogP contribution >= 0.6 is 0 Å². The molecule has 0 aliphatic carbocycles. The molecule has 1 amide bonds.